The Morgan fingerprint density at radius 1 is 1.44 bits per heavy atom. The predicted octanol–water partition coefficient (Wildman–Crippen LogP) is 1.52. The molecule has 1 fully saturated rings. The van der Waals surface area contributed by atoms with E-state index in [1.807, 2.05) is 0 Å². The van der Waals surface area contributed by atoms with Gasteiger partial charge in [-0.2, -0.15) is 0 Å². The summed E-state index contributed by atoms with van der Waals surface area (Å²) >= 11 is 0. The number of hydrogen-bond donors (Lipinski definition) is 1. The van der Waals surface area contributed by atoms with Gasteiger partial charge in [-0.1, -0.05) is 13.2 Å². The molecular formula is C20H22O7. The van der Waals surface area contributed by atoms with Crippen molar-refractivity contribution in [1.82, 2.24) is 0 Å². The van der Waals surface area contributed by atoms with Crippen LogP contribution >= 0.6 is 0 Å². The van der Waals surface area contributed by atoms with Crippen molar-refractivity contribution in [2.24, 2.45) is 5.92 Å². The van der Waals surface area contributed by atoms with E-state index in [1.54, 1.807) is 19.9 Å². The molecule has 3 aliphatic rings. The van der Waals surface area contributed by atoms with Gasteiger partial charge < -0.3 is 19.3 Å². The molecule has 144 valence electrons. The molecule has 0 aromatic rings. The standard InChI is InChI=1S/C20H22O7/c1-9-6-14(25-18(23)10(2)12(4)21)17-11(3)19(24)26-15(17)8-20(5)16(22)7-13(9)27-20/h6-7,12,14-15,17,21H,2-3,8H2,1,4-5H3. The van der Waals surface area contributed by atoms with Crippen LogP contribution in [0.4, 0.5) is 0 Å². The fourth-order valence-electron chi connectivity index (χ4n) is 3.45. The van der Waals surface area contributed by atoms with Gasteiger partial charge in [0, 0.05) is 18.1 Å². The summed E-state index contributed by atoms with van der Waals surface area (Å²) in [6, 6.07) is 0. The largest absolute Gasteiger partial charge is 0.479 e. The van der Waals surface area contributed by atoms with E-state index in [0.29, 0.717) is 11.3 Å². The Balaban J connectivity index is 2.03. The van der Waals surface area contributed by atoms with Crippen LogP contribution < -0.4 is 0 Å². The molecular weight excluding hydrogens is 352 g/mol. The van der Waals surface area contributed by atoms with Crippen molar-refractivity contribution in [3.05, 3.63) is 47.8 Å². The van der Waals surface area contributed by atoms with Crippen LogP contribution in [0, 0.1) is 5.92 Å². The molecule has 0 aliphatic carbocycles. The quantitative estimate of drug-likeness (QED) is 0.591. The minimum Gasteiger partial charge on any atom is -0.479 e. The number of fused-ring (bicyclic) bond motifs is 3. The number of rotatable bonds is 3. The third-order valence-corrected chi connectivity index (χ3v) is 5.20. The molecule has 0 amide bonds. The maximum absolute atomic E-state index is 12.4. The van der Waals surface area contributed by atoms with E-state index < -0.39 is 41.8 Å². The fourth-order valence-corrected chi connectivity index (χ4v) is 3.45. The Kier molecular flexibility index (Phi) is 4.59. The topological polar surface area (TPSA) is 99.1 Å². The number of aliphatic hydroxyl groups is 1. The molecule has 27 heavy (non-hydrogen) atoms. The Bertz CT molecular complexity index is 816. The van der Waals surface area contributed by atoms with Crippen LogP contribution in [0.15, 0.2) is 47.8 Å². The van der Waals surface area contributed by atoms with E-state index in [4.69, 9.17) is 14.2 Å². The van der Waals surface area contributed by atoms with Crippen molar-refractivity contribution in [3.63, 3.8) is 0 Å². The molecule has 5 unspecified atom stereocenters. The second-order valence-electron chi connectivity index (χ2n) is 7.33. The van der Waals surface area contributed by atoms with Crippen molar-refractivity contribution in [1.29, 1.82) is 0 Å². The molecule has 0 aromatic heterocycles. The molecule has 1 saturated heterocycles. The first-order valence-electron chi connectivity index (χ1n) is 8.65. The van der Waals surface area contributed by atoms with Gasteiger partial charge in [0.25, 0.3) is 0 Å². The molecule has 3 aliphatic heterocycles. The second-order valence-corrected chi connectivity index (χ2v) is 7.33. The summed E-state index contributed by atoms with van der Waals surface area (Å²) in [6.07, 6.45) is 0.400. The van der Waals surface area contributed by atoms with E-state index in [2.05, 4.69) is 13.2 Å². The number of aliphatic hydroxyl groups excluding tert-OH is 1. The van der Waals surface area contributed by atoms with Gasteiger partial charge in [-0.05, 0) is 32.4 Å². The van der Waals surface area contributed by atoms with Crippen molar-refractivity contribution in [2.45, 2.75) is 51.1 Å². The molecule has 0 aromatic carbocycles. The van der Waals surface area contributed by atoms with Gasteiger partial charge >= 0.3 is 11.9 Å². The summed E-state index contributed by atoms with van der Waals surface area (Å²) in [4.78, 5) is 36.8. The Labute approximate surface area is 157 Å². The van der Waals surface area contributed by atoms with Crippen LogP contribution in [-0.2, 0) is 28.6 Å². The normalized spacial score (nSPS) is 33.5. The lowest BCUT2D eigenvalue weighted by Gasteiger charge is -2.29. The van der Waals surface area contributed by atoms with Crippen LogP contribution in [0.5, 0.6) is 0 Å². The third kappa shape index (κ3) is 3.23. The van der Waals surface area contributed by atoms with Crippen molar-refractivity contribution >= 4 is 17.7 Å². The first-order valence-corrected chi connectivity index (χ1v) is 8.65. The van der Waals surface area contributed by atoms with Crippen LogP contribution in [0.1, 0.15) is 27.2 Å². The fraction of sp³-hybridized carbons (Fsp3) is 0.450. The average molecular weight is 374 g/mol. The number of ether oxygens (including phenoxy) is 3. The maximum atomic E-state index is 12.4. The first-order chi connectivity index (χ1) is 12.5. The average Bonchev–Trinajstić information content (AvgIpc) is 3.03. The van der Waals surface area contributed by atoms with E-state index in [-0.39, 0.29) is 23.4 Å². The highest BCUT2D eigenvalue weighted by molar-refractivity contribution is 6.00. The predicted molar refractivity (Wildman–Crippen MR) is 94.2 cm³/mol. The van der Waals surface area contributed by atoms with Crippen molar-refractivity contribution < 1.29 is 33.7 Å². The Morgan fingerprint density at radius 2 is 2.11 bits per heavy atom. The number of esters is 2. The molecule has 7 heteroatoms. The summed E-state index contributed by atoms with van der Waals surface area (Å²) in [6.45, 7) is 12.1. The molecule has 0 spiro atoms. The number of hydrogen-bond acceptors (Lipinski definition) is 7. The lowest BCUT2D eigenvalue weighted by molar-refractivity contribution is -0.149. The first kappa shape index (κ1) is 19.1. The summed E-state index contributed by atoms with van der Waals surface area (Å²) in [7, 11) is 0. The monoisotopic (exact) mass is 374 g/mol. The van der Waals surface area contributed by atoms with Gasteiger partial charge in [0.2, 0.25) is 5.78 Å². The van der Waals surface area contributed by atoms with Crippen LogP contribution in [-0.4, -0.2) is 46.7 Å². The highest BCUT2D eigenvalue weighted by atomic mass is 16.6. The summed E-state index contributed by atoms with van der Waals surface area (Å²) in [5, 5.41) is 9.57. The molecule has 1 N–H and O–H groups in total. The van der Waals surface area contributed by atoms with Crippen LogP contribution in [0.3, 0.4) is 0 Å². The molecule has 5 atom stereocenters. The van der Waals surface area contributed by atoms with Gasteiger partial charge in [0.05, 0.1) is 17.6 Å². The zero-order valence-corrected chi connectivity index (χ0v) is 15.5. The number of allylic oxidation sites excluding steroid dienone is 1. The summed E-state index contributed by atoms with van der Waals surface area (Å²) in [5.74, 6) is -1.89. The molecule has 0 radical (unpaired) electrons. The minimum atomic E-state index is -1.17. The van der Waals surface area contributed by atoms with E-state index in [0.717, 1.165) is 0 Å². The highest BCUT2D eigenvalue weighted by Gasteiger charge is 2.52. The van der Waals surface area contributed by atoms with Gasteiger partial charge in [0.1, 0.15) is 18.0 Å². The van der Waals surface area contributed by atoms with E-state index in [1.165, 1.54) is 13.0 Å². The lowest BCUT2D eigenvalue weighted by Crippen LogP contribution is -2.41. The van der Waals surface area contributed by atoms with Crippen molar-refractivity contribution in [2.75, 3.05) is 0 Å². The SMILES string of the molecule is C=C(C(=O)OC1C=C(C)C2=CC(=O)C(C)(CC3OC(=O)C(=C)C13)O2)C(C)O. The van der Waals surface area contributed by atoms with Crippen molar-refractivity contribution in [3.8, 4) is 0 Å². The van der Waals surface area contributed by atoms with E-state index in [9.17, 15) is 19.5 Å². The molecule has 3 rings (SSSR count). The van der Waals surface area contributed by atoms with Crippen LogP contribution in [0.2, 0.25) is 0 Å². The maximum Gasteiger partial charge on any atom is 0.336 e. The Morgan fingerprint density at radius 3 is 2.74 bits per heavy atom. The van der Waals surface area contributed by atoms with Gasteiger partial charge in [-0.3, -0.25) is 4.79 Å². The molecule has 0 saturated carbocycles. The van der Waals surface area contributed by atoms with Gasteiger partial charge in [-0.25, -0.2) is 9.59 Å². The Hall–Kier alpha value is -2.67. The summed E-state index contributed by atoms with van der Waals surface area (Å²) in [5.41, 5.74) is -0.527. The van der Waals surface area contributed by atoms with Gasteiger partial charge in [0.15, 0.2) is 5.60 Å². The smallest absolute Gasteiger partial charge is 0.336 e. The van der Waals surface area contributed by atoms with Crippen LogP contribution in [0.25, 0.3) is 0 Å². The highest BCUT2D eigenvalue weighted by Crippen LogP contribution is 2.42. The second kappa shape index (κ2) is 6.49. The minimum absolute atomic E-state index is 0.104. The zero-order valence-electron chi connectivity index (χ0n) is 15.5. The molecule has 2 bridgehead atoms. The molecule has 7 nitrogen and oxygen atoms in total. The number of ketones is 1. The molecule has 3 heterocycles. The lowest BCUT2D eigenvalue weighted by atomic mass is 9.83. The van der Waals surface area contributed by atoms with E-state index >= 15 is 0 Å². The summed E-state index contributed by atoms with van der Waals surface area (Å²) < 4.78 is 16.8. The number of carbonyl (C=O) groups excluding carboxylic acids is 3. The number of carbonyl (C=O) groups is 3. The van der Waals surface area contributed by atoms with Gasteiger partial charge in [-0.15, -0.1) is 0 Å². The third-order valence-electron chi connectivity index (χ3n) is 5.20. The zero-order chi connectivity index (χ0) is 20.1.